The molecule has 3 saturated heterocycles. The molecule has 0 atom stereocenters. The molecule has 0 unspecified atom stereocenters. The smallest absolute Gasteiger partial charge is 0.248 e. The van der Waals surface area contributed by atoms with Gasteiger partial charge < -0.3 is 19.4 Å². The molecule has 9 heteroatoms. The fraction of sp³-hybridized carbons (Fsp3) is 0.714. The number of carbonyl (C=O) groups excluding carboxylic acids is 1. The molecule has 0 aliphatic carbocycles. The molecule has 5 rings (SSSR count). The van der Waals surface area contributed by atoms with E-state index in [4.69, 9.17) is 9.84 Å². The Balaban J connectivity index is 1.19. The first-order valence-corrected chi connectivity index (χ1v) is 11.3. The lowest BCUT2D eigenvalue weighted by Crippen LogP contribution is -2.42. The number of amides is 1. The second-order valence-corrected chi connectivity index (χ2v) is 8.62. The molecule has 9 nitrogen and oxygen atoms in total. The van der Waals surface area contributed by atoms with Crippen LogP contribution in [0.3, 0.4) is 0 Å². The summed E-state index contributed by atoms with van der Waals surface area (Å²) in [6, 6.07) is 4.10. The third kappa shape index (κ3) is 4.13. The van der Waals surface area contributed by atoms with E-state index in [-0.39, 0.29) is 12.5 Å². The van der Waals surface area contributed by atoms with E-state index in [0.717, 1.165) is 82.4 Å². The molecule has 2 aromatic heterocycles. The van der Waals surface area contributed by atoms with E-state index in [2.05, 4.69) is 26.1 Å². The molecule has 1 amide bonds. The Morgan fingerprint density at radius 1 is 0.967 bits per heavy atom. The number of ether oxygens (including phenoxy) is 1. The lowest BCUT2D eigenvalue weighted by molar-refractivity contribution is -0.134. The van der Waals surface area contributed by atoms with Gasteiger partial charge in [0.1, 0.15) is 12.4 Å². The number of rotatable bonds is 5. The van der Waals surface area contributed by atoms with Crippen LogP contribution in [0.15, 0.2) is 12.1 Å². The Kier molecular flexibility index (Phi) is 5.81. The SMILES string of the molecule is O=C1COCCCN1CCN1CCC(c2nnc3ccc(N4CCCC4)nn23)CC1. The first kappa shape index (κ1) is 19.7. The molecular weight excluding hydrogens is 382 g/mol. The summed E-state index contributed by atoms with van der Waals surface area (Å²) < 4.78 is 7.29. The average molecular weight is 414 g/mol. The van der Waals surface area contributed by atoms with Gasteiger partial charge in [-0.25, -0.2) is 0 Å². The fourth-order valence-corrected chi connectivity index (χ4v) is 4.81. The zero-order valence-electron chi connectivity index (χ0n) is 17.6. The van der Waals surface area contributed by atoms with Gasteiger partial charge in [0.25, 0.3) is 0 Å². The Morgan fingerprint density at radius 3 is 2.63 bits per heavy atom. The van der Waals surface area contributed by atoms with Crippen LogP contribution in [-0.4, -0.2) is 94.5 Å². The van der Waals surface area contributed by atoms with Crippen molar-refractivity contribution in [1.29, 1.82) is 0 Å². The number of anilines is 1. The summed E-state index contributed by atoms with van der Waals surface area (Å²) in [5.41, 5.74) is 0.831. The van der Waals surface area contributed by atoms with E-state index in [9.17, 15) is 4.79 Å². The maximum Gasteiger partial charge on any atom is 0.248 e. The summed E-state index contributed by atoms with van der Waals surface area (Å²) in [6.07, 6.45) is 5.51. The first-order chi connectivity index (χ1) is 14.8. The van der Waals surface area contributed by atoms with Crippen LogP contribution in [0.1, 0.15) is 43.8 Å². The van der Waals surface area contributed by atoms with Gasteiger partial charge in [-0.15, -0.1) is 15.3 Å². The molecule has 30 heavy (non-hydrogen) atoms. The van der Waals surface area contributed by atoms with Crippen molar-refractivity contribution in [2.75, 3.05) is 63.9 Å². The summed E-state index contributed by atoms with van der Waals surface area (Å²) in [4.78, 5) is 18.9. The third-order valence-electron chi connectivity index (χ3n) is 6.64. The van der Waals surface area contributed by atoms with Gasteiger partial charge in [0.2, 0.25) is 5.91 Å². The predicted molar refractivity (Wildman–Crippen MR) is 113 cm³/mol. The normalized spacial score (nSPS) is 22.2. The Labute approximate surface area is 177 Å². The van der Waals surface area contributed by atoms with Crippen LogP contribution in [0.25, 0.3) is 5.65 Å². The fourth-order valence-electron chi connectivity index (χ4n) is 4.81. The maximum atomic E-state index is 12.1. The minimum absolute atomic E-state index is 0.122. The molecule has 3 fully saturated rings. The van der Waals surface area contributed by atoms with Crippen LogP contribution in [0.2, 0.25) is 0 Å². The van der Waals surface area contributed by atoms with Gasteiger partial charge >= 0.3 is 0 Å². The quantitative estimate of drug-likeness (QED) is 0.728. The van der Waals surface area contributed by atoms with Gasteiger partial charge in [0.15, 0.2) is 11.5 Å². The molecular formula is C21H31N7O2. The summed E-state index contributed by atoms with van der Waals surface area (Å²) in [6.45, 7) is 7.65. The Hall–Kier alpha value is -2.26. The number of aromatic nitrogens is 4. The molecule has 0 saturated carbocycles. The van der Waals surface area contributed by atoms with Gasteiger partial charge in [-0.05, 0) is 57.3 Å². The zero-order chi connectivity index (χ0) is 20.3. The van der Waals surface area contributed by atoms with E-state index >= 15 is 0 Å². The monoisotopic (exact) mass is 413 g/mol. The summed E-state index contributed by atoms with van der Waals surface area (Å²) in [5.74, 6) is 2.53. The molecule has 5 heterocycles. The van der Waals surface area contributed by atoms with Crippen LogP contribution in [0, 0.1) is 0 Å². The van der Waals surface area contributed by atoms with Gasteiger partial charge in [-0.3, -0.25) is 4.79 Å². The number of hydrogen-bond acceptors (Lipinski definition) is 7. The standard InChI is InChI=1S/C21H31N7O2/c29-20-16-30-15-3-10-27(20)14-13-25-11-6-17(7-12-25)21-23-22-18-4-5-19(24-28(18)21)26-8-1-2-9-26/h4-5,17H,1-3,6-16H2. The number of piperidine rings is 1. The lowest BCUT2D eigenvalue weighted by Gasteiger charge is -2.32. The molecule has 0 N–H and O–H groups in total. The van der Waals surface area contributed by atoms with Gasteiger partial charge in [-0.1, -0.05) is 0 Å². The zero-order valence-corrected chi connectivity index (χ0v) is 17.6. The molecule has 0 spiro atoms. The Morgan fingerprint density at radius 2 is 1.80 bits per heavy atom. The molecule has 0 bridgehead atoms. The van der Waals surface area contributed by atoms with E-state index in [1.54, 1.807) is 0 Å². The molecule has 3 aliphatic rings. The minimum Gasteiger partial charge on any atom is -0.372 e. The van der Waals surface area contributed by atoms with Crippen molar-refractivity contribution in [3.63, 3.8) is 0 Å². The highest BCUT2D eigenvalue weighted by molar-refractivity contribution is 5.77. The highest BCUT2D eigenvalue weighted by Gasteiger charge is 2.26. The van der Waals surface area contributed by atoms with Gasteiger partial charge in [0.05, 0.1) is 0 Å². The number of nitrogens with zero attached hydrogens (tertiary/aromatic N) is 7. The molecule has 2 aromatic rings. The van der Waals surface area contributed by atoms with Gasteiger partial charge in [-0.2, -0.15) is 4.52 Å². The third-order valence-corrected chi connectivity index (χ3v) is 6.64. The van der Waals surface area contributed by atoms with Crippen molar-refractivity contribution in [3.8, 4) is 0 Å². The highest BCUT2D eigenvalue weighted by atomic mass is 16.5. The second kappa shape index (κ2) is 8.85. The second-order valence-electron chi connectivity index (χ2n) is 8.62. The molecule has 162 valence electrons. The van der Waals surface area contributed by atoms with E-state index in [1.165, 1.54) is 12.8 Å². The average Bonchev–Trinajstić information content (AvgIpc) is 3.41. The molecule has 0 aromatic carbocycles. The Bertz CT molecular complexity index is 871. The van der Waals surface area contributed by atoms with Crippen molar-refractivity contribution in [2.45, 2.75) is 38.0 Å². The van der Waals surface area contributed by atoms with Crippen LogP contribution >= 0.6 is 0 Å². The van der Waals surface area contributed by atoms with Crippen LogP contribution in [0.4, 0.5) is 5.82 Å². The van der Waals surface area contributed by atoms with Crippen LogP contribution in [-0.2, 0) is 9.53 Å². The minimum atomic E-state index is 0.122. The number of carbonyl (C=O) groups is 1. The number of likely N-dealkylation sites (tertiary alicyclic amines) is 1. The topological polar surface area (TPSA) is 79.1 Å². The van der Waals surface area contributed by atoms with E-state index in [0.29, 0.717) is 12.5 Å². The number of hydrogen-bond donors (Lipinski definition) is 0. The van der Waals surface area contributed by atoms with E-state index in [1.807, 2.05) is 15.5 Å². The molecule has 0 radical (unpaired) electrons. The summed E-state index contributed by atoms with van der Waals surface area (Å²) in [7, 11) is 0. The maximum absolute atomic E-state index is 12.1. The predicted octanol–water partition coefficient (Wildman–Crippen LogP) is 1.15. The highest BCUT2D eigenvalue weighted by Crippen LogP contribution is 2.27. The summed E-state index contributed by atoms with van der Waals surface area (Å²) in [5, 5.41) is 13.7. The van der Waals surface area contributed by atoms with Crippen molar-refractivity contribution >= 4 is 17.4 Å². The van der Waals surface area contributed by atoms with Crippen molar-refractivity contribution in [1.82, 2.24) is 29.6 Å². The van der Waals surface area contributed by atoms with Crippen LogP contribution in [0.5, 0.6) is 0 Å². The van der Waals surface area contributed by atoms with E-state index < -0.39 is 0 Å². The largest absolute Gasteiger partial charge is 0.372 e. The van der Waals surface area contributed by atoms with Crippen molar-refractivity contribution in [2.24, 2.45) is 0 Å². The molecule has 3 aliphatic heterocycles. The lowest BCUT2D eigenvalue weighted by atomic mass is 9.96. The number of fused-ring (bicyclic) bond motifs is 1. The van der Waals surface area contributed by atoms with Crippen LogP contribution < -0.4 is 4.90 Å². The summed E-state index contributed by atoms with van der Waals surface area (Å²) >= 11 is 0. The van der Waals surface area contributed by atoms with Crippen molar-refractivity contribution in [3.05, 3.63) is 18.0 Å². The van der Waals surface area contributed by atoms with Crippen molar-refractivity contribution < 1.29 is 9.53 Å². The first-order valence-electron chi connectivity index (χ1n) is 11.3. The van der Waals surface area contributed by atoms with Gasteiger partial charge in [0, 0.05) is 45.2 Å².